The van der Waals surface area contributed by atoms with Crippen LogP contribution in [0.5, 0.6) is 0 Å². The maximum absolute atomic E-state index is 11.9. The molecule has 108 valence electrons. The van der Waals surface area contributed by atoms with Gasteiger partial charge in [-0.25, -0.2) is 9.59 Å². The summed E-state index contributed by atoms with van der Waals surface area (Å²) in [5.74, 6) is -3.46. The highest BCUT2D eigenvalue weighted by molar-refractivity contribution is 5.99. The van der Waals surface area contributed by atoms with Gasteiger partial charge in [-0.15, -0.1) is 0 Å². The summed E-state index contributed by atoms with van der Waals surface area (Å²) >= 11 is 0. The van der Waals surface area contributed by atoms with Crippen LogP contribution in [0, 0.1) is 0 Å². The van der Waals surface area contributed by atoms with Gasteiger partial charge in [-0.2, -0.15) is 9.78 Å². The number of carbonyl (C=O) groups excluding carboxylic acids is 2. The fourth-order valence-corrected chi connectivity index (χ4v) is 1.15. The molecule has 0 unspecified atom stereocenters. The molecule has 0 bridgehead atoms. The first-order valence-corrected chi connectivity index (χ1v) is 5.90. The van der Waals surface area contributed by atoms with Gasteiger partial charge >= 0.3 is 17.7 Å². The molecular formula is C13H20O6. The van der Waals surface area contributed by atoms with Gasteiger partial charge in [0, 0.05) is 0 Å². The highest BCUT2D eigenvalue weighted by Gasteiger charge is 2.64. The Bertz CT molecular complexity index is 406. The highest BCUT2D eigenvalue weighted by Crippen LogP contribution is 2.39. The average molecular weight is 272 g/mol. The Morgan fingerprint density at radius 1 is 0.947 bits per heavy atom. The van der Waals surface area contributed by atoms with Crippen molar-refractivity contribution >= 4 is 11.9 Å². The van der Waals surface area contributed by atoms with Gasteiger partial charge in [-0.3, -0.25) is 0 Å². The zero-order valence-electron chi connectivity index (χ0n) is 12.2. The summed E-state index contributed by atoms with van der Waals surface area (Å²) in [6, 6.07) is 0. The quantitative estimate of drug-likeness (QED) is 0.338. The number of carbonyl (C=O) groups is 2. The monoisotopic (exact) mass is 272 g/mol. The fourth-order valence-electron chi connectivity index (χ4n) is 1.15. The second-order valence-corrected chi connectivity index (χ2v) is 6.27. The molecule has 0 aliphatic carbocycles. The molecule has 1 aliphatic heterocycles. The molecule has 0 aromatic heterocycles. The second-order valence-electron chi connectivity index (χ2n) is 6.27. The van der Waals surface area contributed by atoms with E-state index in [0.29, 0.717) is 0 Å². The summed E-state index contributed by atoms with van der Waals surface area (Å²) in [5.41, 5.74) is -1.67. The van der Waals surface area contributed by atoms with E-state index in [1.54, 1.807) is 41.5 Å². The summed E-state index contributed by atoms with van der Waals surface area (Å²) in [6.07, 6.45) is 0. The van der Waals surface area contributed by atoms with Crippen LogP contribution in [-0.2, 0) is 28.8 Å². The Labute approximate surface area is 112 Å². The minimum Gasteiger partial charge on any atom is -0.456 e. The van der Waals surface area contributed by atoms with E-state index in [4.69, 9.17) is 9.47 Å². The third-order valence-electron chi connectivity index (χ3n) is 1.96. The van der Waals surface area contributed by atoms with E-state index in [0.717, 1.165) is 0 Å². The van der Waals surface area contributed by atoms with Gasteiger partial charge in [-0.1, -0.05) is 6.58 Å². The molecule has 1 heterocycles. The average Bonchev–Trinajstić information content (AvgIpc) is 2.91. The zero-order valence-corrected chi connectivity index (χ0v) is 12.2. The molecule has 1 saturated heterocycles. The first-order valence-electron chi connectivity index (χ1n) is 5.90. The SMILES string of the molecule is C=C(C(=O)OC(C)(C)C)C1(C(=O)OC(C)(C)C)OO1. The predicted octanol–water partition coefficient (Wildman–Crippen LogP) is 1.88. The van der Waals surface area contributed by atoms with Gasteiger partial charge in [0.1, 0.15) is 16.8 Å². The van der Waals surface area contributed by atoms with Gasteiger partial charge < -0.3 is 9.47 Å². The number of ether oxygens (including phenoxy) is 2. The van der Waals surface area contributed by atoms with Crippen molar-refractivity contribution in [3.63, 3.8) is 0 Å². The standard InChI is InChI=1S/C13H20O6/c1-8(9(14)16-11(2,3)4)13(18-19-13)10(15)17-12(5,6)7/h1H2,2-7H3. The Balaban J connectivity index is 2.76. The molecule has 0 amide bonds. The smallest absolute Gasteiger partial charge is 0.378 e. The summed E-state index contributed by atoms with van der Waals surface area (Å²) in [4.78, 5) is 33.0. The molecule has 1 fully saturated rings. The lowest BCUT2D eigenvalue weighted by molar-refractivity contribution is -0.164. The first kappa shape index (κ1) is 15.7. The van der Waals surface area contributed by atoms with E-state index in [2.05, 4.69) is 16.4 Å². The Hall–Kier alpha value is -1.40. The number of esters is 2. The van der Waals surface area contributed by atoms with Crippen LogP contribution in [0.25, 0.3) is 0 Å². The number of hydrogen-bond acceptors (Lipinski definition) is 6. The third-order valence-corrected chi connectivity index (χ3v) is 1.96. The Morgan fingerprint density at radius 2 is 1.37 bits per heavy atom. The van der Waals surface area contributed by atoms with E-state index >= 15 is 0 Å². The highest BCUT2D eigenvalue weighted by atomic mass is 17.4. The lowest BCUT2D eigenvalue weighted by Gasteiger charge is -2.23. The van der Waals surface area contributed by atoms with Crippen LogP contribution in [0.3, 0.4) is 0 Å². The van der Waals surface area contributed by atoms with Crippen molar-refractivity contribution in [1.29, 1.82) is 0 Å². The van der Waals surface area contributed by atoms with Crippen molar-refractivity contribution in [3.05, 3.63) is 12.2 Å². The fraction of sp³-hybridized carbons (Fsp3) is 0.692. The predicted molar refractivity (Wildman–Crippen MR) is 65.7 cm³/mol. The van der Waals surface area contributed by atoms with Gasteiger partial charge in [0.2, 0.25) is 0 Å². The van der Waals surface area contributed by atoms with E-state index < -0.39 is 28.9 Å². The molecule has 0 spiro atoms. The molecule has 0 atom stereocenters. The molecule has 19 heavy (non-hydrogen) atoms. The van der Waals surface area contributed by atoms with E-state index in [1.807, 2.05) is 0 Å². The van der Waals surface area contributed by atoms with Crippen LogP contribution in [-0.4, -0.2) is 28.9 Å². The summed E-state index contributed by atoms with van der Waals surface area (Å²) in [6.45, 7) is 13.7. The lowest BCUT2D eigenvalue weighted by atomic mass is 10.1. The molecule has 0 aromatic rings. The number of rotatable bonds is 3. The van der Waals surface area contributed by atoms with Crippen molar-refractivity contribution in [2.75, 3.05) is 0 Å². The first-order chi connectivity index (χ1) is 8.37. The second kappa shape index (κ2) is 4.61. The largest absolute Gasteiger partial charge is 0.456 e. The molecule has 6 nitrogen and oxygen atoms in total. The zero-order chi connectivity index (χ0) is 15.1. The molecular weight excluding hydrogens is 252 g/mol. The Morgan fingerprint density at radius 3 is 1.68 bits per heavy atom. The van der Waals surface area contributed by atoms with Crippen LogP contribution in [0.15, 0.2) is 12.2 Å². The molecule has 1 aliphatic rings. The van der Waals surface area contributed by atoms with E-state index in [9.17, 15) is 9.59 Å². The van der Waals surface area contributed by atoms with Gasteiger partial charge in [0.15, 0.2) is 0 Å². The van der Waals surface area contributed by atoms with Crippen molar-refractivity contribution < 1.29 is 28.8 Å². The van der Waals surface area contributed by atoms with Crippen LogP contribution >= 0.6 is 0 Å². The van der Waals surface area contributed by atoms with Crippen molar-refractivity contribution in [1.82, 2.24) is 0 Å². The number of hydrogen-bond donors (Lipinski definition) is 0. The van der Waals surface area contributed by atoms with Gasteiger partial charge in [0.25, 0.3) is 0 Å². The minimum absolute atomic E-state index is 0.239. The van der Waals surface area contributed by atoms with Crippen LogP contribution in [0.1, 0.15) is 41.5 Å². The van der Waals surface area contributed by atoms with E-state index in [1.165, 1.54) is 0 Å². The van der Waals surface area contributed by atoms with Crippen molar-refractivity contribution in [2.45, 2.75) is 58.5 Å². The summed E-state index contributed by atoms with van der Waals surface area (Å²) in [5, 5.41) is 0. The maximum atomic E-state index is 11.9. The van der Waals surface area contributed by atoms with Crippen molar-refractivity contribution in [3.8, 4) is 0 Å². The third kappa shape index (κ3) is 4.04. The van der Waals surface area contributed by atoms with Crippen LogP contribution in [0.2, 0.25) is 0 Å². The van der Waals surface area contributed by atoms with Crippen molar-refractivity contribution in [2.24, 2.45) is 0 Å². The molecule has 0 saturated carbocycles. The molecule has 1 rings (SSSR count). The van der Waals surface area contributed by atoms with Crippen LogP contribution < -0.4 is 0 Å². The summed E-state index contributed by atoms with van der Waals surface area (Å²) < 4.78 is 10.2. The minimum atomic E-state index is -1.87. The molecule has 0 aromatic carbocycles. The molecule has 6 heteroatoms. The topological polar surface area (TPSA) is 77.7 Å². The molecule has 0 N–H and O–H groups in total. The Kier molecular flexibility index (Phi) is 3.80. The normalized spacial score (nSPS) is 17.6. The maximum Gasteiger partial charge on any atom is 0.378 e. The van der Waals surface area contributed by atoms with Gasteiger partial charge in [-0.05, 0) is 41.5 Å². The summed E-state index contributed by atoms with van der Waals surface area (Å²) in [7, 11) is 0. The van der Waals surface area contributed by atoms with Crippen LogP contribution in [0.4, 0.5) is 0 Å². The van der Waals surface area contributed by atoms with Gasteiger partial charge in [0.05, 0.1) is 0 Å². The lowest BCUT2D eigenvalue weighted by Crippen LogP contribution is -2.38. The molecule has 0 radical (unpaired) electrons. The van der Waals surface area contributed by atoms with E-state index in [-0.39, 0.29) is 5.57 Å².